The first-order chi connectivity index (χ1) is 14.6. The molecule has 0 saturated carbocycles. The molecule has 4 rings (SSSR count). The van der Waals surface area contributed by atoms with Crippen LogP contribution in [0.2, 0.25) is 0 Å². The molecule has 2 aromatic rings. The monoisotopic (exact) mass is 412 g/mol. The lowest BCUT2D eigenvalue weighted by molar-refractivity contribution is -0.191. The Morgan fingerprint density at radius 2 is 1.83 bits per heavy atom. The van der Waals surface area contributed by atoms with E-state index in [-0.39, 0.29) is 6.04 Å². The van der Waals surface area contributed by atoms with E-state index in [1.807, 2.05) is 54.6 Å². The third-order valence-corrected chi connectivity index (χ3v) is 5.77. The average Bonchev–Trinajstić information content (AvgIpc) is 3.08. The molecule has 160 valence electrons. The molecule has 0 bridgehead atoms. The SMILES string of the molecule is COc1ccc(C[C@H]2NC[C@H](O)[C@H]2OC(=O)C2(OCc3ccccc3)CNC2)cc1. The molecule has 3 atom stereocenters. The number of ether oxygens (including phenoxy) is 3. The number of methoxy groups -OCH3 is 1. The largest absolute Gasteiger partial charge is 0.497 e. The maximum Gasteiger partial charge on any atom is 0.341 e. The summed E-state index contributed by atoms with van der Waals surface area (Å²) < 4.78 is 17.0. The van der Waals surface area contributed by atoms with Gasteiger partial charge in [0.05, 0.1) is 19.8 Å². The van der Waals surface area contributed by atoms with Crippen LogP contribution in [0.1, 0.15) is 11.1 Å². The summed E-state index contributed by atoms with van der Waals surface area (Å²) in [6.07, 6.45) is -0.747. The third-order valence-electron chi connectivity index (χ3n) is 5.77. The van der Waals surface area contributed by atoms with Gasteiger partial charge in [0.15, 0.2) is 5.60 Å². The minimum Gasteiger partial charge on any atom is -0.497 e. The molecular formula is C23H28N2O5. The van der Waals surface area contributed by atoms with Gasteiger partial charge >= 0.3 is 5.97 Å². The minimum atomic E-state index is -1.01. The lowest BCUT2D eigenvalue weighted by Gasteiger charge is -2.40. The molecule has 2 aromatic carbocycles. The summed E-state index contributed by atoms with van der Waals surface area (Å²) in [5.41, 5.74) is 1.06. The molecule has 0 aliphatic carbocycles. The van der Waals surface area contributed by atoms with Crippen LogP contribution in [-0.4, -0.2) is 61.7 Å². The molecule has 7 nitrogen and oxygen atoms in total. The van der Waals surface area contributed by atoms with Crippen molar-refractivity contribution in [2.75, 3.05) is 26.7 Å². The maximum atomic E-state index is 13.0. The van der Waals surface area contributed by atoms with Crippen molar-refractivity contribution < 1.29 is 24.1 Å². The molecule has 7 heteroatoms. The highest BCUT2D eigenvalue weighted by Gasteiger charge is 2.50. The van der Waals surface area contributed by atoms with Gasteiger partial charge < -0.3 is 30.0 Å². The number of carbonyl (C=O) groups is 1. The molecule has 0 spiro atoms. The first-order valence-electron chi connectivity index (χ1n) is 10.2. The summed E-state index contributed by atoms with van der Waals surface area (Å²) in [7, 11) is 1.63. The molecule has 2 aliphatic heterocycles. The van der Waals surface area contributed by atoms with Crippen molar-refractivity contribution in [2.45, 2.75) is 36.9 Å². The van der Waals surface area contributed by atoms with Crippen LogP contribution in [0.5, 0.6) is 5.75 Å². The van der Waals surface area contributed by atoms with Crippen molar-refractivity contribution in [1.82, 2.24) is 10.6 Å². The van der Waals surface area contributed by atoms with Crippen molar-refractivity contribution in [3.05, 3.63) is 65.7 Å². The molecule has 2 heterocycles. The topological polar surface area (TPSA) is 89.0 Å². The minimum absolute atomic E-state index is 0.170. The van der Waals surface area contributed by atoms with Crippen LogP contribution in [0.25, 0.3) is 0 Å². The van der Waals surface area contributed by atoms with Gasteiger partial charge in [0.1, 0.15) is 18.0 Å². The zero-order chi connectivity index (χ0) is 21.0. The number of hydrogen-bond acceptors (Lipinski definition) is 7. The van der Waals surface area contributed by atoms with Crippen molar-refractivity contribution >= 4 is 5.97 Å². The lowest BCUT2D eigenvalue weighted by atomic mass is 9.96. The van der Waals surface area contributed by atoms with Crippen LogP contribution < -0.4 is 15.4 Å². The van der Waals surface area contributed by atoms with Crippen LogP contribution in [0, 0.1) is 0 Å². The number of carbonyl (C=O) groups excluding carboxylic acids is 1. The van der Waals surface area contributed by atoms with Gasteiger partial charge in [-0.3, -0.25) is 0 Å². The van der Waals surface area contributed by atoms with Crippen LogP contribution >= 0.6 is 0 Å². The molecule has 0 unspecified atom stereocenters. The zero-order valence-electron chi connectivity index (χ0n) is 17.0. The fourth-order valence-corrected chi connectivity index (χ4v) is 3.82. The second-order valence-corrected chi connectivity index (χ2v) is 7.88. The standard InChI is InChI=1S/C23H28N2O5/c1-28-18-9-7-16(8-10-18)11-19-21(20(26)12-25-19)30-22(27)23(14-24-15-23)29-13-17-5-3-2-4-6-17/h2-10,19-21,24-26H,11-15H2,1H3/t19-,20+,21+/m1/s1. The van der Waals surface area contributed by atoms with E-state index in [9.17, 15) is 9.90 Å². The molecule has 3 N–H and O–H groups in total. The molecular weight excluding hydrogens is 384 g/mol. The number of benzene rings is 2. The van der Waals surface area contributed by atoms with Crippen molar-refractivity contribution in [3.63, 3.8) is 0 Å². The van der Waals surface area contributed by atoms with E-state index >= 15 is 0 Å². The number of rotatable bonds is 8. The van der Waals surface area contributed by atoms with Crippen LogP contribution in [0.15, 0.2) is 54.6 Å². The predicted octanol–water partition coefficient (Wildman–Crippen LogP) is 1.04. The zero-order valence-corrected chi connectivity index (χ0v) is 17.0. The number of esters is 1. The van der Waals surface area contributed by atoms with Gasteiger partial charge in [-0.1, -0.05) is 42.5 Å². The molecule has 2 aliphatic rings. The molecule has 2 saturated heterocycles. The van der Waals surface area contributed by atoms with Crippen molar-refractivity contribution in [1.29, 1.82) is 0 Å². The quantitative estimate of drug-likeness (QED) is 0.559. The van der Waals surface area contributed by atoms with E-state index in [1.165, 1.54) is 0 Å². The van der Waals surface area contributed by atoms with E-state index in [2.05, 4.69) is 10.6 Å². The second-order valence-electron chi connectivity index (χ2n) is 7.88. The van der Waals surface area contributed by atoms with Gasteiger partial charge in [-0.25, -0.2) is 4.79 Å². The number of hydrogen-bond donors (Lipinski definition) is 3. The number of aliphatic hydroxyl groups is 1. The normalized spacial score (nSPS) is 24.8. The summed E-state index contributed by atoms with van der Waals surface area (Å²) >= 11 is 0. The second kappa shape index (κ2) is 9.14. The van der Waals surface area contributed by atoms with E-state index in [4.69, 9.17) is 14.2 Å². The highest BCUT2D eigenvalue weighted by molar-refractivity contribution is 5.82. The fraction of sp³-hybridized carbons (Fsp3) is 0.435. The van der Waals surface area contributed by atoms with Gasteiger partial charge in [0.25, 0.3) is 0 Å². The average molecular weight is 412 g/mol. The highest BCUT2D eigenvalue weighted by atomic mass is 16.6. The summed E-state index contributed by atoms with van der Waals surface area (Å²) in [5, 5.41) is 16.8. The molecule has 0 amide bonds. The summed E-state index contributed by atoms with van der Waals surface area (Å²) in [6, 6.07) is 17.3. The first kappa shape index (κ1) is 20.8. The Kier molecular flexibility index (Phi) is 6.34. The number of nitrogens with one attached hydrogen (secondary N) is 2. The Balaban J connectivity index is 1.39. The summed E-state index contributed by atoms with van der Waals surface area (Å²) in [6.45, 7) is 1.52. The van der Waals surface area contributed by atoms with Gasteiger partial charge in [0.2, 0.25) is 0 Å². The van der Waals surface area contributed by atoms with Gasteiger partial charge in [-0.2, -0.15) is 0 Å². The Labute approximate surface area is 176 Å². The first-order valence-corrected chi connectivity index (χ1v) is 10.2. The number of aliphatic hydroxyl groups excluding tert-OH is 1. The Bertz CT molecular complexity index is 838. The van der Waals surface area contributed by atoms with Crippen molar-refractivity contribution in [3.8, 4) is 5.75 Å². The summed E-state index contributed by atoms with van der Waals surface area (Å²) in [4.78, 5) is 13.0. The van der Waals surface area contributed by atoms with Crippen LogP contribution in [-0.2, 0) is 27.3 Å². The molecule has 30 heavy (non-hydrogen) atoms. The van der Waals surface area contributed by atoms with E-state index in [0.29, 0.717) is 32.7 Å². The predicted molar refractivity (Wildman–Crippen MR) is 111 cm³/mol. The highest BCUT2D eigenvalue weighted by Crippen LogP contribution is 2.25. The number of β-amino-alcohol motifs (C(OH)–C–C–N with tert-alkyl or cyclic N) is 1. The van der Waals surface area contributed by atoms with Gasteiger partial charge in [0, 0.05) is 19.6 Å². The maximum absolute atomic E-state index is 13.0. The fourth-order valence-electron chi connectivity index (χ4n) is 3.82. The molecule has 0 aromatic heterocycles. The Morgan fingerprint density at radius 1 is 1.10 bits per heavy atom. The van der Waals surface area contributed by atoms with E-state index < -0.39 is 23.8 Å². The molecule has 0 radical (unpaired) electrons. The van der Waals surface area contributed by atoms with E-state index in [1.54, 1.807) is 7.11 Å². The summed E-state index contributed by atoms with van der Waals surface area (Å²) in [5.74, 6) is 0.362. The van der Waals surface area contributed by atoms with Crippen LogP contribution in [0.4, 0.5) is 0 Å². The lowest BCUT2D eigenvalue weighted by Crippen LogP contribution is -2.67. The van der Waals surface area contributed by atoms with Gasteiger partial charge in [-0.15, -0.1) is 0 Å². The Hall–Kier alpha value is -2.45. The third kappa shape index (κ3) is 4.49. The van der Waals surface area contributed by atoms with Crippen molar-refractivity contribution in [2.24, 2.45) is 0 Å². The smallest absolute Gasteiger partial charge is 0.341 e. The van der Waals surface area contributed by atoms with Gasteiger partial charge in [-0.05, 0) is 29.7 Å². The Morgan fingerprint density at radius 3 is 2.47 bits per heavy atom. The van der Waals surface area contributed by atoms with E-state index in [0.717, 1.165) is 16.9 Å². The molecule has 2 fully saturated rings. The van der Waals surface area contributed by atoms with Crippen LogP contribution in [0.3, 0.4) is 0 Å².